The predicted octanol–water partition coefficient (Wildman–Crippen LogP) is 3.65. The molecule has 0 heterocycles. The third kappa shape index (κ3) is 4.80. The maximum atomic E-state index is 12.9. The standard InChI is InChI=1S/C20H25ClN2O6S/c1-6-23(7-2)30(25,26)19-10-13(8-9-15(19)21)22-20(24)14-11-17(28-4)18(29-5)12-16(14)27-3/h8-12H,6-7H2,1-5H3,(H,22,24). The van der Waals surface area contributed by atoms with Gasteiger partial charge >= 0.3 is 0 Å². The van der Waals surface area contributed by atoms with Crippen LogP contribution in [0.25, 0.3) is 0 Å². The van der Waals surface area contributed by atoms with E-state index >= 15 is 0 Å². The molecule has 0 spiro atoms. The van der Waals surface area contributed by atoms with E-state index in [4.69, 9.17) is 25.8 Å². The van der Waals surface area contributed by atoms with Crippen LogP contribution in [0.1, 0.15) is 24.2 Å². The molecule has 0 aliphatic heterocycles. The molecule has 0 aliphatic carbocycles. The maximum absolute atomic E-state index is 12.9. The quantitative estimate of drug-likeness (QED) is 0.619. The zero-order valence-electron chi connectivity index (χ0n) is 17.5. The van der Waals surface area contributed by atoms with E-state index in [0.29, 0.717) is 24.6 Å². The SMILES string of the molecule is CCN(CC)S(=O)(=O)c1cc(NC(=O)c2cc(OC)c(OC)cc2OC)ccc1Cl. The minimum Gasteiger partial charge on any atom is -0.496 e. The summed E-state index contributed by atoms with van der Waals surface area (Å²) in [4.78, 5) is 12.8. The Bertz CT molecular complexity index is 1020. The van der Waals surface area contributed by atoms with Crippen molar-refractivity contribution >= 4 is 33.2 Å². The molecule has 0 bridgehead atoms. The van der Waals surface area contributed by atoms with Gasteiger partial charge in [0.1, 0.15) is 10.6 Å². The Morgan fingerprint density at radius 2 is 1.53 bits per heavy atom. The third-order valence-electron chi connectivity index (χ3n) is 4.46. The van der Waals surface area contributed by atoms with Crippen LogP contribution in [0.4, 0.5) is 5.69 Å². The lowest BCUT2D eigenvalue weighted by atomic mass is 10.1. The van der Waals surface area contributed by atoms with Gasteiger partial charge in [-0.3, -0.25) is 4.79 Å². The second-order valence-corrected chi connectivity index (χ2v) is 8.41. The van der Waals surface area contributed by atoms with E-state index in [9.17, 15) is 13.2 Å². The van der Waals surface area contributed by atoms with Crippen LogP contribution in [0.3, 0.4) is 0 Å². The van der Waals surface area contributed by atoms with Crippen LogP contribution in [-0.4, -0.2) is 53.0 Å². The fourth-order valence-electron chi connectivity index (χ4n) is 2.89. The molecule has 1 N–H and O–H groups in total. The predicted molar refractivity (Wildman–Crippen MR) is 116 cm³/mol. The molecular weight excluding hydrogens is 432 g/mol. The summed E-state index contributed by atoms with van der Waals surface area (Å²) in [5, 5.41) is 2.75. The Labute approximate surface area is 181 Å². The first-order chi connectivity index (χ1) is 14.2. The van der Waals surface area contributed by atoms with Gasteiger partial charge in [-0.2, -0.15) is 4.31 Å². The van der Waals surface area contributed by atoms with Gasteiger partial charge in [-0.25, -0.2) is 8.42 Å². The number of nitrogens with one attached hydrogen (secondary N) is 1. The summed E-state index contributed by atoms with van der Waals surface area (Å²) in [6, 6.07) is 7.30. The van der Waals surface area contributed by atoms with Crippen LogP contribution < -0.4 is 19.5 Å². The number of anilines is 1. The van der Waals surface area contributed by atoms with Crippen LogP contribution in [0.2, 0.25) is 5.02 Å². The number of hydrogen-bond donors (Lipinski definition) is 1. The largest absolute Gasteiger partial charge is 0.496 e. The summed E-state index contributed by atoms with van der Waals surface area (Å²) in [5.41, 5.74) is 0.463. The molecule has 2 rings (SSSR count). The molecule has 0 saturated heterocycles. The summed E-state index contributed by atoms with van der Waals surface area (Å²) in [5.74, 6) is 0.519. The number of ether oxygens (including phenoxy) is 3. The van der Waals surface area contributed by atoms with Crippen molar-refractivity contribution in [2.24, 2.45) is 0 Å². The average molecular weight is 457 g/mol. The lowest BCUT2D eigenvalue weighted by Crippen LogP contribution is -2.30. The molecule has 30 heavy (non-hydrogen) atoms. The monoisotopic (exact) mass is 456 g/mol. The number of sulfonamides is 1. The molecule has 164 valence electrons. The van der Waals surface area contributed by atoms with E-state index < -0.39 is 15.9 Å². The molecule has 0 aliphatic rings. The highest BCUT2D eigenvalue weighted by molar-refractivity contribution is 7.89. The fourth-order valence-corrected chi connectivity index (χ4v) is 4.84. The van der Waals surface area contributed by atoms with Gasteiger partial charge in [0, 0.05) is 30.9 Å². The summed E-state index contributed by atoms with van der Waals surface area (Å²) in [7, 11) is 0.556. The lowest BCUT2D eigenvalue weighted by Gasteiger charge is -2.20. The van der Waals surface area contributed by atoms with Gasteiger partial charge in [-0.15, -0.1) is 0 Å². The molecule has 0 unspecified atom stereocenters. The van der Waals surface area contributed by atoms with Gasteiger partial charge in [-0.05, 0) is 18.2 Å². The van der Waals surface area contributed by atoms with E-state index in [2.05, 4.69) is 5.32 Å². The number of amides is 1. The highest BCUT2D eigenvalue weighted by atomic mass is 35.5. The van der Waals surface area contributed by atoms with Gasteiger partial charge in [0.25, 0.3) is 5.91 Å². The summed E-state index contributed by atoms with van der Waals surface area (Å²) in [6.45, 7) is 4.08. The van der Waals surface area contributed by atoms with Crippen molar-refractivity contribution in [1.29, 1.82) is 0 Å². The fraction of sp³-hybridized carbons (Fsp3) is 0.350. The molecule has 2 aromatic rings. The molecule has 0 atom stereocenters. The van der Waals surface area contributed by atoms with Gasteiger partial charge < -0.3 is 19.5 Å². The second kappa shape index (κ2) is 10.0. The Morgan fingerprint density at radius 3 is 2.07 bits per heavy atom. The van der Waals surface area contributed by atoms with Crippen LogP contribution in [0.5, 0.6) is 17.2 Å². The number of carbonyl (C=O) groups is 1. The van der Waals surface area contributed by atoms with E-state index in [1.54, 1.807) is 13.8 Å². The summed E-state index contributed by atoms with van der Waals surface area (Å²) >= 11 is 6.14. The Hall–Kier alpha value is -2.49. The first-order valence-electron chi connectivity index (χ1n) is 9.14. The molecule has 8 nitrogen and oxygen atoms in total. The van der Waals surface area contributed by atoms with Crippen molar-refractivity contribution in [3.63, 3.8) is 0 Å². The Balaban J connectivity index is 2.44. The van der Waals surface area contributed by atoms with Gasteiger partial charge in [0.15, 0.2) is 11.5 Å². The topological polar surface area (TPSA) is 94.2 Å². The molecule has 0 saturated carbocycles. The number of nitrogens with zero attached hydrogens (tertiary/aromatic N) is 1. The van der Waals surface area contributed by atoms with Crippen molar-refractivity contribution in [1.82, 2.24) is 4.31 Å². The van der Waals surface area contributed by atoms with Gasteiger partial charge in [0.05, 0.1) is 31.9 Å². The van der Waals surface area contributed by atoms with Crippen LogP contribution in [0, 0.1) is 0 Å². The first-order valence-corrected chi connectivity index (χ1v) is 11.0. The zero-order chi connectivity index (χ0) is 22.5. The highest BCUT2D eigenvalue weighted by Crippen LogP contribution is 2.35. The van der Waals surface area contributed by atoms with Gasteiger partial charge in [-0.1, -0.05) is 25.4 Å². The molecule has 0 aromatic heterocycles. The zero-order valence-corrected chi connectivity index (χ0v) is 19.1. The number of carbonyl (C=O) groups excluding carboxylic acids is 1. The minimum absolute atomic E-state index is 0.0728. The molecular formula is C20H25ClN2O6S. The van der Waals surface area contributed by atoms with E-state index in [1.165, 1.54) is 56.0 Å². The van der Waals surface area contributed by atoms with Gasteiger partial charge in [0.2, 0.25) is 10.0 Å². The Morgan fingerprint density at radius 1 is 0.967 bits per heavy atom. The van der Waals surface area contributed by atoms with Crippen molar-refractivity contribution < 1.29 is 27.4 Å². The number of hydrogen-bond acceptors (Lipinski definition) is 6. The molecule has 2 aromatic carbocycles. The number of rotatable bonds is 9. The molecule has 10 heteroatoms. The number of benzene rings is 2. The molecule has 1 amide bonds. The van der Waals surface area contributed by atoms with Crippen LogP contribution in [-0.2, 0) is 10.0 Å². The average Bonchev–Trinajstić information content (AvgIpc) is 2.74. The Kier molecular flexibility index (Phi) is 7.94. The minimum atomic E-state index is -3.80. The van der Waals surface area contributed by atoms with Crippen LogP contribution in [0.15, 0.2) is 35.2 Å². The summed E-state index contributed by atoms with van der Waals surface area (Å²) < 4.78 is 42.7. The smallest absolute Gasteiger partial charge is 0.259 e. The number of methoxy groups -OCH3 is 3. The first kappa shape index (κ1) is 23.8. The summed E-state index contributed by atoms with van der Waals surface area (Å²) in [6.07, 6.45) is 0. The third-order valence-corrected chi connectivity index (χ3v) is 6.99. The number of halogens is 1. The normalized spacial score (nSPS) is 11.3. The van der Waals surface area contributed by atoms with Crippen molar-refractivity contribution in [3.8, 4) is 17.2 Å². The lowest BCUT2D eigenvalue weighted by molar-refractivity contribution is 0.102. The molecule has 0 radical (unpaired) electrons. The van der Waals surface area contributed by atoms with E-state index in [0.717, 1.165) is 0 Å². The van der Waals surface area contributed by atoms with Crippen molar-refractivity contribution in [2.45, 2.75) is 18.7 Å². The second-order valence-electron chi connectivity index (χ2n) is 6.10. The van der Waals surface area contributed by atoms with Crippen molar-refractivity contribution in [2.75, 3.05) is 39.7 Å². The maximum Gasteiger partial charge on any atom is 0.259 e. The van der Waals surface area contributed by atoms with Crippen molar-refractivity contribution in [3.05, 3.63) is 40.9 Å². The molecule has 0 fully saturated rings. The van der Waals surface area contributed by atoms with E-state index in [-0.39, 0.29) is 26.9 Å². The van der Waals surface area contributed by atoms with E-state index in [1.807, 2.05) is 0 Å². The van der Waals surface area contributed by atoms with Crippen LogP contribution >= 0.6 is 11.6 Å². The highest BCUT2D eigenvalue weighted by Gasteiger charge is 2.25.